The maximum Gasteiger partial charge on any atom is 0.254 e. The first-order valence-electron chi connectivity index (χ1n) is 3.18. The minimum atomic E-state index is -0.583. The molecular formula is C8H5Cl3O. The molecule has 0 heterocycles. The van der Waals surface area contributed by atoms with Crippen molar-refractivity contribution in [2.45, 2.75) is 6.92 Å². The van der Waals surface area contributed by atoms with Crippen molar-refractivity contribution in [2.24, 2.45) is 0 Å². The molecule has 0 fully saturated rings. The molecule has 0 aliphatic heterocycles. The van der Waals surface area contributed by atoms with Gasteiger partial charge in [-0.3, -0.25) is 4.79 Å². The summed E-state index contributed by atoms with van der Waals surface area (Å²) in [7, 11) is 0. The Morgan fingerprint density at radius 1 is 1.33 bits per heavy atom. The highest BCUT2D eigenvalue weighted by Gasteiger charge is 2.13. The van der Waals surface area contributed by atoms with E-state index in [1.807, 2.05) is 0 Å². The molecule has 0 radical (unpaired) electrons. The maximum absolute atomic E-state index is 10.9. The van der Waals surface area contributed by atoms with Crippen molar-refractivity contribution >= 4 is 40.0 Å². The predicted molar refractivity (Wildman–Crippen MR) is 51.4 cm³/mol. The van der Waals surface area contributed by atoms with Crippen LogP contribution in [-0.2, 0) is 0 Å². The first kappa shape index (κ1) is 9.85. The van der Waals surface area contributed by atoms with E-state index in [0.717, 1.165) is 5.56 Å². The Labute approximate surface area is 85.2 Å². The molecule has 1 nitrogen and oxygen atoms in total. The second-order valence-electron chi connectivity index (χ2n) is 2.33. The Kier molecular flexibility index (Phi) is 2.99. The van der Waals surface area contributed by atoms with E-state index in [1.165, 1.54) is 0 Å². The lowest BCUT2D eigenvalue weighted by atomic mass is 10.1. The number of benzene rings is 1. The zero-order chi connectivity index (χ0) is 9.30. The summed E-state index contributed by atoms with van der Waals surface area (Å²) in [4.78, 5) is 10.9. The van der Waals surface area contributed by atoms with Gasteiger partial charge in [-0.2, -0.15) is 0 Å². The fourth-order valence-corrected chi connectivity index (χ4v) is 1.64. The van der Waals surface area contributed by atoms with Crippen molar-refractivity contribution in [3.05, 3.63) is 33.3 Å². The van der Waals surface area contributed by atoms with E-state index in [2.05, 4.69) is 0 Å². The summed E-state index contributed by atoms with van der Waals surface area (Å²) in [5.41, 5.74) is 1.01. The number of aryl methyl sites for hydroxylation is 1. The van der Waals surface area contributed by atoms with Crippen LogP contribution in [-0.4, -0.2) is 5.24 Å². The summed E-state index contributed by atoms with van der Waals surface area (Å²) >= 11 is 16.7. The van der Waals surface area contributed by atoms with Crippen molar-refractivity contribution in [1.29, 1.82) is 0 Å². The molecule has 0 atom stereocenters. The number of halogens is 3. The molecule has 0 bridgehead atoms. The van der Waals surface area contributed by atoms with Gasteiger partial charge in [-0.1, -0.05) is 29.3 Å². The monoisotopic (exact) mass is 222 g/mol. The van der Waals surface area contributed by atoms with Crippen molar-refractivity contribution in [3.63, 3.8) is 0 Å². The largest absolute Gasteiger partial charge is 0.276 e. The van der Waals surface area contributed by atoms with Gasteiger partial charge in [0.2, 0.25) is 0 Å². The van der Waals surface area contributed by atoms with Gasteiger partial charge in [0.05, 0.1) is 15.6 Å². The van der Waals surface area contributed by atoms with Crippen LogP contribution in [0.3, 0.4) is 0 Å². The molecule has 0 aliphatic rings. The SMILES string of the molecule is Cc1ccc(Cl)c(Cl)c1C(=O)Cl. The number of rotatable bonds is 1. The average molecular weight is 223 g/mol. The maximum atomic E-state index is 10.9. The van der Waals surface area contributed by atoms with Crippen LogP contribution in [0.1, 0.15) is 15.9 Å². The van der Waals surface area contributed by atoms with Gasteiger partial charge >= 0.3 is 0 Å². The van der Waals surface area contributed by atoms with Gasteiger partial charge in [0.25, 0.3) is 5.24 Å². The van der Waals surface area contributed by atoms with Crippen LogP contribution in [0.4, 0.5) is 0 Å². The van der Waals surface area contributed by atoms with Gasteiger partial charge in [-0.05, 0) is 30.2 Å². The van der Waals surface area contributed by atoms with Crippen LogP contribution in [0.2, 0.25) is 10.0 Å². The minimum absolute atomic E-state index is 0.219. The van der Waals surface area contributed by atoms with Crippen LogP contribution in [0.25, 0.3) is 0 Å². The Balaban J connectivity index is 3.43. The summed E-state index contributed by atoms with van der Waals surface area (Å²) < 4.78 is 0. The Morgan fingerprint density at radius 3 is 2.33 bits per heavy atom. The molecule has 0 spiro atoms. The van der Waals surface area contributed by atoms with Gasteiger partial charge < -0.3 is 0 Å². The van der Waals surface area contributed by atoms with E-state index in [-0.39, 0.29) is 10.6 Å². The van der Waals surface area contributed by atoms with Crippen molar-refractivity contribution in [2.75, 3.05) is 0 Å². The molecule has 0 saturated carbocycles. The van der Waals surface area contributed by atoms with E-state index in [9.17, 15) is 4.79 Å². The lowest BCUT2D eigenvalue weighted by Crippen LogP contribution is -1.94. The average Bonchev–Trinajstić information content (AvgIpc) is 1.97. The van der Waals surface area contributed by atoms with Crippen molar-refractivity contribution in [3.8, 4) is 0 Å². The second kappa shape index (κ2) is 3.65. The predicted octanol–water partition coefficient (Wildman–Crippen LogP) is 3.68. The van der Waals surface area contributed by atoms with Gasteiger partial charge in [-0.15, -0.1) is 0 Å². The van der Waals surface area contributed by atoms with Crippen molar-refractivity contribution in [1.82, 2.24) is 0 Å². The summed E-state index contributed by atoms with van der Waals surface area (Å²) in [5.74, 6) is 0. The van der Waals surface area contributed by atoms with E-state index in [0.29, 0.717) is 5.02 Å². The van der Waals surface area contributed by atoms with Gasteiger partial charge in [-0.25, -0.2) is 0 Å². The van der Waals surface area contributed by atoms with Gasteiger partial charge in [0.15, 0.2) is 0 Å². The molecule has 0 N–H and O–H groups in total. The highest BCUT2D eigenvalue weighted by atomic mass is 35.5. The molecule has 1 aromatic carbocycles. The third kappa shape index (κ3) is 1.74. The van der Waals surface area contributed by atoms with Crippen LogP contribution < -0.4 is 0 Å². The quantitative estimate of drug-likeness (QED) is 0.664. The smallest absolute Gasteiger partial charge is 0.254 e. The zero-order valence-corrected chi connectivity index (χ0v) is 8.46. The Morgan fingerprint density at radius 2 is 1.92 bits per heavy atom. The van der Waals surface area contributed by atoms with Crippen LogP contribution in [0.5, 0.6) is 0 Å². The summed E-state index contributed by atoms with van der Waals surface area (Å²) in [6.07, 6.45) is 0. The van der Waals surface area contributed by atoms with Crippen LogP contribution in [0, 0.1) is 6.92 Å². The Hall–Kier alpha value is -0.240. The van der Waals surface area contributed by atoms with E-state index in [4.69, 9.17) is 34.8 Å². The lowest BCUT2D eigenvalue weighted by molar-refractivity contribution is 0.108. The van der Waals surface area contributed by atoms with Crippen LogP contribution in [0.15, 0.2) is 12.1 Å². The number of hydrogen-bond donors (Lipinski definition) is 0. The van der Waals surface area contributed by atoms with Crippen molar-refractivity contribution < 1.29 is 4.79 Å². The van der Waals surface area contributed by atoms with E-state index < -0.39 is 5.24 Å². The summed E-state index contributed by atoms with van der Waals surface area (Å²) in [5, 5.41) is -0.0251. The molecule has 0 aliphatic carbocycles. The number of carbonyl (C=O) groups is 1. The zero-order valence-electron chi connectivity index (χ0n) is 6.20. The van der Waals surface area contributed by atoms with Gasteiger partial charge in [0, 0.05) is 0 Å². The molecular weight excluding hydrogens is 218 g/mol. The Bertz CT molecular complexity index is 333. The van der Waals surface area contributed by atoms with E-state index in [1.54, 1.807) is 19.1 Å². The molecule has 0 amide bonds. The number of hydrogen-bond acceptors (Lipinski definition) is 1. The highest BCUT2D eigenvalue weighted by molar-refractivity contribution is 6.69. The molecule has 12 heavy (non-hydrogen) atoms. The molecule has 0 aromatic heterocycles. The minimum Gasteiger partial charge on any atom is -0.276 e. The normalized spacial score (nSPS) is 10.0. The third-order valence-electron chi connectivity index (χ3n) is 1.50. The lowest BCUT2D eigenvalue weighted by Gasteiger charge is -2.03. The second-order valence-corrected chi connectivity index (χ2v) is 3.46. The first-order chi connectivity index (χ1) is 5.54. The topological polar surface area (TPSA) is 17.1 Å². The van der Waals surface area contributed by atoms with Crippen LogP contribution >= 0.6 is 34.8 Å². The van der Waals surface area contributed by atoms with E-state index >= 15 is 0 Å². The molecule has 0 unspecified atom stereocenters. The summed E-state index contributed by atoms with van der Waals surface area (Å²) in [6.45, 7) is 1.75. The first-order valence-corrected chi connectivity index (χ1v) is 4.32. The highest BCUT2D eigenvalue weighted by Crippen LogP contribution is 2.29. The molecule has 64 valence electrons. The third-order valence-corrected chi connectivity index (χ3v) is 2.49. The number of carbonyl (C=O) groups excluding carboxylic acids is 1. The summed E-state index contributed by atoms with van der Waals surface area (Å²) in [6, 6.07) is 3.33. The molecule has 1 aromatic rings. The fourth-order valence-electron chi connectivity index (χ4n) is 0.888. The van der Waals surface area contributed by atoms with Gasteiger partial charge in [0.1, 0.15) is 0 Å². The molecule has 1 rings (SSSR count). The standard InChI is InChI=1S/C8H5Cl3O/c1-4-2-3-5(9)7(10)6(4)8(11)12/h2-3H,1H3. The molecule has 4 heteroatoms. The molecule has 0 saturated heterocycles. The fraction of sp³-hybridized carbons (Fsp3) is 0.125.